The highest BCUT2D eigenvalue weighted by Gasteiger charge is 2.24. The molecule has 0 unspecified atom stereocenters. The van der Waals surface area contributed by atoms with Crippen LogP contribution in [0.3, 0.4) is 0 Å². The molecule has 1 aliphatic rings. The Kier molecular flexibility index (Phi) is 6.03. The molecular formula is C20H22N6O3S. The van der Waals surface area contributed by atoms with E-state index in [-0.39, 0.29) is 17.3 Å². The van der Waals surface area contributed by atoms with E-state index in [1.807, 2.05) is 18.2 Å². The minimum Gasteiger partial charge on any atom is -0.497 e. The van der Waals surface area contributed by atoms with Crippen LogP contribution >= 0.6 is 11.3 Å². The molecule has 2 aromatic heterocycles. The first-order valence-corrected chi connectivity index (χ1v) is 10.6. The van der Waals surface area contributed by atoms with Gasteiger partial charge in [0.15, 0.2) is 5.13 Å². The molecule has 0 aliphatic heterocycles. The molecule has 1 aliphatic carbocycles. The molecule has 2 heterocycles. The number of hydrogen-bond acceptors (Lipinski definition) is 9. The number of thiazole rings is 1. The van der Waals surface area contributed by atoms with E-state index in [0.717, 1.165) is 35.2 Å². The van der Waals surface area contributed by atoms with Crippen LogP contribution in [0.25, 0.3) is 10.2 Å². The second kappa shape index (κ2) is 9.04. The monoisotopic (exact) mass is 426 g/mol. The van der Waals surface area contributed by atoms with Crippen LogP contribution in [0, 0.1) is 10.1 Å². The molecule has 0 saturated carbocycles. The number of methoxy groups -OCH3 is 1. The Morgan fingerprint density at radius 2 is 2.13 bits per heavy atom. The number of hydrogen-bond donors (Lipinski definition) is 2. The van der Waals surface area contributed by atoms with Gasteiger partial charge in [-0.1, -0.05) is 23.0 Å². The lowest BCUT2D eigenvalue weighted by molar-refractivity contribution is -0.383. The van der Waals surface area contributed by atoms with Crippen LogP contribution in [-0.2, 0) is 0 Å². The first kappa shape index (κ1) is 20.0. The number of fused-ring (bicyclic) bond motifs is 1. The predicted molar refractivity (Wildman–Crippen MR) is 118 cm³/mol. The van der Waals surface area contributed by atoms with E-state index in [1.54, 1.807) is 7.11 Å². The summed E-state index contributed by atoms with van der Waals surface area (Å²) >= 11 is 1.37. The number of allylic oxidation sites excluding steroid dienone is 1. The Labute approximate surface area is 177 Å². The molecule has 0 bridgehead atoms. The topological polar surface area (TPSA) is 115 Å². The lowest BCUT2D eigenvalue weighted by Crippen LogP contribution is -2.10. The highest BCUT2D eigenvalue weighted by molar-refractivity contribution is 7.22. The first-order valence-electron chi connectivity index (χ1n) is 9.77. The van der Waals surface area contributed by atoms with Crippen molar-refractivity contribution in [1.29, 1.82) is 0 Å². The largest absolute Gasteiger partial charge is 0.497 e. The Balaban J connectivity index is 1.53. The third kappa shape index (κ3) is 4.48. The van der Waals surface area contributed by atoms with Crippen LogP contribution in [0.1, 0.15) is 32.1 Å². The van der Waals surface area contributed by atoms with Gasteiger partial charge in [-0.25, -0.2) is 15.0 Å². The van der Waals surface area contributed by atoms with Crippen molar-refractivity contribution < 1.29 is 9.66 Å². The Bertz CT molecular complexity index is 1100. The zero-order valence-electron chi connectivity index (χ0n) is 16.6. The van der Waals surface area contributed by atoms with Gasteiger partial charge in [0.1, 0.15) is 12.1 Å². The normalized spacial score (nSPS) is 13.7. The maximum atomic E-state index is 11.8. The molecular weight excluding hydrogens is 404 g/mol. The fraction of sp³-hybridized carbons (Fsp3) is 0.350. The van der Waals surface area contributed by atoms with Crippen molar-refractivity contribution in [3.63, 3.8) is 0 Å². The molecule has 10 heteroatoms. The average Bonchev–Trinajstić information content (AvgIpc) is 3.15. The minimum atomic E-state index is -0.471. The third-order valence-corrected chi connectivity index (χ3v) is 5.88. The molecule has 1 aromatic carbocycles. The summed E-state index contributed by atoms with van der Waals surface area (Å²) in [4.78, 5) is 23.9. The number of nitrogens with zero attached hydrogens (tertiary/aromatic N) is 4. The van der Waals surface area contributed by atoms with Gasteiger partial charge >= 0.3 is 5.69 Å². The van der Waals surface area contributed by atoms with Crippen molar-refractivity contribution in [2.75, 3.05) is 24.3 Å². The molecule has 0 atom stereocenters. The van der Waals surface area contributed by atoms with Crippen LogP contribution in [0.5, 0.6) is 5.75 Å². The van der Waals surface area contributed by atoms with E-state index in [4.69, 9.17) is 4.74 Å². The average molecular weight is 427 g/mol. The van der Waals surface area contributed by atoms with Crippen molar-refractivity contribution >= 4 is 44.0 Å². The zero-order chi connectivity index (χ0) is 20.9. The Morgan fingerprint density at radius 1 is 1.27 bits per heavy atom. The maximum absolute atomic E-state index is 11.8. The molecule has 0 saturated heterocycles. The molecule has 0 fully saturated rings. The lowest BCUT2D eigenvalue weighted by atomic mass is 9.97. The number of nitro groups is 1. The number of rotatable bonds is 8. The number of ether oxygens (including phenoxy) is 1. The summed E-state index contributed by atoms with van der Waals surface area (Å²) in [7, 11) is 1.60. The Morgan fingerprint density at radius 3 is 2.90 bits per heavy atom. The van der Waals surface area contributed by atoms with E-state index in [0.29, 0.717) is 11.7 Å². The highest BCUT2D eigenvalue weighted by Crippen LogP contribution is 2.35. The van der Waals surface area contributed by atoms with Gasteiger partial charge in [-0.05, 0) is 50.3 Å². The van der Waals surface area contributed by atoms with Gasteiger partial charge in [0.2, 0.25) is 11.6 Å². The molecule has 0 spiro atoms. The lowest BCUT2D eigenvalue weighted by Gasteiger charge is -2.13. The number of aromatic nitrogens is 3. The van der Waals surface area contributed by atoms with E-state index in [9.17, 15) is 10.1 Å². The fourth-order valence-corrected chi connectivity index (χ4v) is 4.33. The van der Waals surface area contributed by atoms with Crippen LogP contribution < -0.4 is 15.4 Å². The highest BCUT2D eigenvalue weighted by atomic mass is 32.1. The summed E-state index contributed by atoms with van der Waals surface area (Å²) in [5.41, 5.74) is 1.99. The van der Waals surface area contributed by atoms with E-state index >= 15 is 0 Å². The van der Waals surface area contributed by atoms with Gasteiger partial charge in [0, 0.05) is 6.54 Å². The second-order valence-electron chi connectivity index (χ2n) is 6.94. The quantitative estimate of drug-likeness (QED) is 0.292. The van der Waals surface area contributed by atoms with Gasteiger partial charge in [0.05, 0.1) is 22.2 Å². The molecule has 156 valence electrons. The number of benzene rings is 1. The van der Waals surface area contributed by atoms with E-state index in [2.05, 4.69) is 31.7 Å². The van der Waals surface area contributed by atoms with Gasteiger partial charge in [-0.3, -0.25) is 10.1 Å². The summed E-state index contributed by atoms with van der Waals surface area (Å²) in [6, 6.07) is 5.54. The van der Waals surface area contributed by atoms with Gasteiger partial charge in [0.25, 0.3) is 0 Å². The van der Waals surface area contributed by atoms with Crippen molar-refractivity contribution in [3.8, 4) is 5.75 Å². The van der Waals surface area contributed by atoms with Crippen LogP contribution in [0.2, 0.25) is 0 Å². The zero-order valence-corrected chi connectivity index (χ0v) is 17.4. The van der Waals surface area contributed by atoms with Crippen LogP contribution in [0.4, 0.5) is 22.5 Å². The van der Waals surface area contributed by atoms with Gasteiger partial charge < -0.3 is 15.4 Å². The van der Waals surface area contributed by atoms with E-state index in [1.165, 1.54) is 36.1 Å². The first-order chi connectivity index (χ1) is 14.6. The van der Waals surface area contributed by atoms with Crippen molar-refractivity contribution in [2.24, 2.45) is 0 Å². The van der Waals surface area contributed by atoms with Crippen molar-refractivity contribution in [1.82, 2.24) is 15.0 Å². The fourth-order valence-electron chi connectivity index (χ4n) is 3.43. The minimum absolute atomic E-state index is 0.111. The molecule has 30 heavy (non-hydrogen) atoms. The van der Waals surface area contributed by atoms with E-state index < -0.39 is 4.92 Å². The molecule has 4 rings (SSSR count). The molecule has 0 amide bonds. The second-order valence-corrected chi connectivity index (χ2v) is 7.97. The standard InChI is InChI=1S/C20H22N6O3S/c1-29-14-7-8-15-16(11-14)30-20(24-15)25-19-17(26(27)28)18(22-12-23-19)21-10-9-13-5-3-2-4-6-13/h5,7-8,11-12H,2-4,6,9-10H2,1H3,(H2,21,22,23,24,25). The van der Waals surface area contributed by atoms with Gasteiger partial charge in [-0.2, -0.15) is 0 Å². The SMILES string of the molecule is COc1ccc2nc(Nc3ncnc(NCCC4=CCCCC4)c3[N+](=O)[O-])sc2c1. The number of anilines is 3. The Hall–Kier alpha value is -3.27. The maximum Gasteiger partial charge on any atom is 0.353 e. The molecule has 3 aromatic rings. The molecule has 0 radical (unpaired) electrons. The van der Waals surface area contributed by atoms with Crippen molar-refractivity contribution in [2.45, 2.75) is 32.1 Å². The summed E-state index contributed by atoms with van der Waals surface area (Å²) in [5, 5.41) is 18.4. The molecule has 2 N–H and O–H groups in total. The summed E-state index contributed by atoms with van der Waals surface area (Å²) in [6.07, 6.45) is 9.10. The predicted octanol–water partition coefficient (Wildman–Crippen LogP) is 5.05. The number of nitrogens with one attached hydrogen (secondary N) is 2. The van der Waals surface area contributed by atoms with Crippen molar-refractivity contribution in [3.05, 3.63) is 46.3 Å². The summed E-state index contributed by atoms with van der Waals surface area (Å²) in [6.45, 7) is 0.587. The van der Waals surface area contributed by atoms with Crippen LogP contribution in [-0.4, -0.2) is 33.5 Å². The van der Waals surface area contributed by atoms with Gasteiger partial charge in [-0.15, -0.1) is 0 Å². The third-order valence-electron chi connectivity index (χ3n) is 4.95. The smallest absolute Gasteiger partial charge is 0.353 e. The van der Waals surface area contributed by atoms with Crippen LogP contribution in [0.15, 0.2) is 36.2 Å². The summed E-state index contributed by atoms with van der Waals surface area (Å²) in [5.74, 6) is 1.04. The summed E-state index contributed by atoms with van der Waals surface area (Å²) < 4.78 is 6.14. The molecule has 9 nitrogen and oxygen atoms in total.